The van der Waals surface area contributed by atoms with Crippen molar-refractivity contribution in [2.24, 2.45) is 0 Å². The summed E-state index contributed by atoms with van der Waals surface area (Å²) >= 11 is 5.56. The number of aromatic hydroxyl groups is 2. The molecule has 1 unspecified atom stereocenters. The van der Waals surface area contributed by atoms with E-state index in [9.17, 15) is 10.2 Å². The number of phenols is 2. The molecule has 1 atom stereocenters. The average molecular weight is 468 g/mol. The van der Waals surface area contributed by atoms with Crippen LogP contribution in [0.3, 0.4) is 0 Å². The molecular formula is C25H29N3O4S. The molecule has 0 radical (unpaired) electrons. The first-order chi connectivity index (χ1) is 15.9. The highest BCUT2D eigenvalue weighted by molar-refractivity contribution is 7.80. The molecule has 4 rings (SSSR count). The third-order valence-electron chi connectivity index (χ3n) is 5.91. The zero-order valence-corrected chi connectivity index (χ0v) is 19.8. The lowest BCUT2D eigenvalue weighted by molar-refractivity contribution is 0.301. The van der Waals surface area contributed by atoms with Gasteiger partial charge in [-0.25, -0.2) is 0 Å². The van der Waals surface area contributed by atoms with Crippen LogP contribution in [-0.2, 0) is 0 Å². The van der Waals surface area contributed by atoms with Crippen LogP contribution in [0.4, 0.5) is 0 Å². The molecule has 0 amide bonds. The predicted octanol–water partition coefficient (Wildman–Crippen LogP) is 3.70. The molecule has 2 aliphatic heterocycles. The van der Waals surface area contributed by atoms with Gasteiger partial charge in [0.2, 0.25) is 0 Å². The van der Waals surface area contributed by atoms with Gasteiger partial charge in [-0.3, -0.25) is 4.90 Å². The minimum atomic E-state index is -0.152. The van der Waals surface area contributed by atoms with Gasteiger partial charge in [-0.1, -0.05) is 19.1 Å². The van der Waals surface area contributed by atoms with Gasteiger partial charge in [0.1, 0.15) is 0 Å². The lowest BCUT2D eigenvalue weighted by Gasteiger charge is -2.40. The fraction of sp³-hybridized carbons (Fsp3) is 0.320. The average Bonchev–Trinajstić information content (AvgIpc) is 2.81. The van der Waals surface area contributed by atoms with Crippen molar-refractivity contribution in [1.82, 2.24) is 15.5 Å². The van der Waals surface area contributed by atoms with Gasteiger partial charge in [0, 0.05) is 18.8 Å². The molecule has 2 aromatic carbocycles. The quantitative estimate of drug-likeness (QED) is 0.479. The highest BCUT2D eigenvalue weighted by Crippen LogP contribution is 2.37. The van der Waals surface area contributed by atoms with Gasteiger partial charge < -0.3 is 30.3 Å². The normalized spacial score (nSPS) is 19.7. The van der Waals surface area contributed by atoms with Crippen molar-refractivity contribution in [3.8, 4) is 23.0 Å². The molecule has 0 saturated carbocycles. The fourth-order valence-electron chi connectivity index (χ4n) is 4.40. The summed E-state index contributed by atoms with van der Waals surface area (Å²) in [6.07, 6.45) is 3.15. The zero-order chi connectivity index (χ0) is 23.5. The second kappa shape index (κ2) is 9.72. The first-order valence-electron chi connectivity index (χ1n) is 10.9. The molecule has 0 aliphatic carbocycles. The number of hydrogen-bond acceptors (Lipinski definition) is 6. The third-order valence-corrected chi connectivity index (χ3v) is 6.13. The molecule has 7 nitrogen and oxygen atoms in total. The Morgan fingerprint density at radius 2 is 1.76 bits per heavy atom. The summed E-state index contributed by atoms with van der Waals surface area (Å²) < 4.78 is 10.6. The minimum absolute atomic E-state index is 0.102. The molecule has 4 N–H and O–H groups in total. The maximum atomic E-state index is 10.1. The molecular weight excluding hydrogens is 438 g/mol. The topological polar surface area (TPSA) is 86.2 Å². The van der Waals surface area contributed by atoms with Crippen LogP contribution in [0.5, 0.6) is 23.0 Å². The molecule has 0 aromatic heterocycles. The molecule has 8 heteroatoms. The van der Waals surface area contributed by atoms with Crippen molar-refractivity contribution in [1.29, 1.82) is 0 Å². The fourth-order valence-corrected chi connectivity index (χ4v) is 4.62. The summed E-state index contributed by atoms with van der Waals surface area (Å²) in [6, 6.07) is 10.6. The molecule has 0 bridgehead atoms. The molecule has 2 heterocycles. The Hall–Kier alpha value is -3.23. The summed E-state index contributed by atoms with van der Waals surface area (Å²) in [5.41, 5.74) is 5.18. The SMILES string of the molecule is CCCN1CC2=C(NC(=S)NC2c2ccc(O)c(OC)c2)/C(=C/c2ccc(O)c(OC)c2)C1. The van der Waals surface area contributed by atoms with Crippen molar-refractivity contribution in [2.45, 2.75) is 19.4 Å². The number of hydrogen-bond donors (Lipinski definition) is 4. The maximum absolute atomic E-state index is 10.1. The first-order valence-corrected chi connectivity index (χ1v) is 11.3. The summed E-state index contributed by atoms with van der Waals surface area (Å²) in [5, 5.41) is 27.3. The summed E-state index contributed by atoms with van der Waals surface area (Å²) in [6.45, 7) is 4.70. The highest BCUT2D eigenvalue weighted by Gasteiger charge is 2.33. The van der Waals surface area contributed by atoms with Crippen LogP contribution in [0, 0.1) is 0 Å². The van der Waals surface area contributed by atoms with E-state index in [4.69, 9.17) is 21.7 Å². The Morgan fingerprint density at radius 1 is 1.06 bits per heavy atom. The van der Waals surface area contributed by atoms with Gasteiger partial charge in [-0.15, -0.1) is 0 Å². The largest absolute Gasteiger partial charge is 0.504 e. The number of benzene rings is 2. The van der Waals surface area contributed by atoms with Crippen LogP contribution in [0.2, 0.25) is 0 Å². The first kappa shape index (κ1) is 22.9. The van der Waals surface area contributed by atoms with E-state index < -0.39 is 0 Å². The number of thiocarbonyl (C=S) groups is 1. The Morgan fingerprint density at radius 3 is 2.45 bits per heavy atom. The van der Waals surface area contributed by atoms with Crippen LogP contribution in [0.1, 0.15) is 30.5 Å². The zero-order valence-electron chi connectivity index (χ0n) is 19.0. The number of nitrogens with zero attached hydrogens (tertiary/aromatic N) is 1. The van der Waals surface area contributed by atoms with E-state index in [1.807, 2.05) is 24.3 Å². The lowest BCUT2D eigenvalue weighted by atomic mass is 9.88. The molecule has 0 saturated heterocycles. The second-order valence-corrected chi connectivity index (χ2v) is 8.58. The molecule has 174 valence electrons. The maximum Gasteiger partial charge on any atom is 0.171 e. The smallest absolute Gasteiger partial charge is 0.171 e. The van der Waals surface area contributed by atoms with Crippen molar-refractivity contribution in [2.75, 3.05) is 33.9 Å². The van der Waals surface area contributed by atoms with E-state index in [1.165, 1.54) is 5.57 Å². The number of phenolic OH excluding ortho intramolecular Hbond substituents is 2. The van der Waals surface area contributed by atoms with Crippen LogP contribution in [-0.4, -0.2) is 54.1 Å². The Labute approximate surface area is 199 Å². The predicted molar refractivity (Wildman–Crippen MR) is 133 cm³/mol. The Kier molecular flexibility index (Phi) is 6.76. The van der Waals surface area contributed by atoms with Gasteiger partial charge in [0.25, 0.3) is 0 Å². The van der Waals surface area contributed by atoms with E-state index in [0.29, 0.717) is 16.6 Å². The van der Waals surface area contributed by atoms with Crippen LogP contribution in [0.15, 0.2) is 53.2 Å². The van der Waals surface area contributed by atoms with Crippen LogP contribution in [0.25, 0.3) is 6.08 Å². The summed E-state index contributed by atoms with van der Waals surface area (Å²) in [7, 11) is 3.08. The number of nitrogens with one attached hydrogen (secondary N) is 2. The van der Waals surface area contributed by atoms with Gasteiger partial charge in [-0.05, 0) is 77.8 Å². The van der Waals surface area contributed by atoms with E-state index in [0.717, 1.165) is 48.5 Å². The Bertz CT molecular complexity index is 1130. The van der Waals surface area contributed by atoms with Gasteiger partial charge in [-0.2, -0.15) is 0 Å². The molecule has 33 heavy (non-hydrogen) atoms. The number of methoxy groups -OCH3 is 2. The van der Waals surface area contributed by atoms with Gasteiger partial charge in [0.05, 0.1) is 20.3 Å². The third kappa shape index (κ3) is 4.77. The monoisotopic (exact) mass is 467 g/mol. The van der Waals surface area contributed by atoms with E-state index in [2.05, 4.69) is 28.5 Å². The van der Waals surface area contributed by atoms with Gasteiger partial charge in [0.15, 0.2) is 28.1 Å². The van der Waals surface area contributed by atoms with Gasteiger partial charge >= 0.3 is 0 Å². The van der Waals surface area contributed by atoms with E-state index in [-0.39, 0.29) is 17.5 Å². The van der Waals surface area contributed by atoms with Crippen molar-refractivity contribution in [3.63, 3.8) is 0 Å². The highest BCUT2D eigenvalue weighted by atomic mass is 32.1. The van der Waals surface area contributed by atoms with E-state index in [1.54, 1.807) is 26.4 Å². The van der Waals surface area contributed by atoms with Crippen molar-refractivity contribution >= 4 is 23.4 Å². The van der Waals surface area contributed by atoms with Crippen molar-refractivity contribution in [3.05, 3.63) is 64.4 Å². The molecule has 0 spiro atoms. The lowest BCUT2D eigenvalue weighted by Crippen LogP contribution is -2.50. The minimum Gasteiger partial charge on any atom is -0.504 e. The summed E-state index contributed by atoms with van der Waals surface area (Å²) in [4.78, 5) is 2.41. The summed E-state index contributed by atoms with van der Waals surface area (Å²) in [5.74, 6) is 1.07. The Balaban J connectivity index is 1.81. The second-order valence-electron chi connectivity index (χ2n) is 8.17. The van der Waals surface area contributed by atoms with Crippen LogP contribution < -0.4 is 20.1 Å². The molecule has 2 aromatic rings. The standard InChI is InChI=1S/C25H29N3O4S/c1-4-9-28-13-17(10-15-5-7-19(29)21(11-15)31-2)24-18(14-28)23(26-25(33)27-24)16-6-8-20(30)22(12-16)32-3/h5-8,10-12,23,29-30H,4,9,13-14H2,1-3H3,(H2,26,27,33)/b17-10+. The van der Waals surface area contributed by atoms with Crippen molar-refractivity contribution < 1.29 is 19.7 Å². The number of rotatable bonds is 6. The molecule has 2 aliphatic rings. The molecule has 0 fully saturated rings. The van der Waals surface area contributed by atoms with Crippen LogP contribution >= 0.6 is 12.2 Å². The number of ether oxygens (including phenoxy) is 2. The van der Waals surface area contributed by atoms with E-state index >= 15 is 0 Å².